The van der Waals surface area contributed by atoms with Crippen molar-refractivity contribution in [2.75, 3.05) is 20.6 Å². The number of halogens is 2. The second-order valence-electron chi connectivity index (χ2n) is 4.02. The van der Waals surface area contributed by atoms with Crippen LogP contribution in [-0.2, 0) is 0 Å². The molecule has 0 spiro atoms. The van der Waals surface area contributed by atoms with Crippen LogP contribution in [0.1, 0.15) is 17.3 Å². The zero-order valence-corrected chi connectivity index (χ0v) is 11.5. The van der Waals surface area contributed by atoms with Crippen molar-refractivity contribution in [1.29, 1.82) is 0 Å². The van der Waals surface area contributed by atoms with E-state index in [0.717, 1.165) is 0 Å². The molecule has 0 radical (unpaired) electrons. The number of pyridine rings is 1. The standard InChI is InChI=1S/C11H15Cl2N3O/c1-7(16(2)3)5-15-11(17)8-4-9(12)10(13)14-6-8/h4,6-7H,5H2,1-3H3,(H,15,17). The molecule has 1 atom stereocenters. The van der Waals surface area contributed by atoms with Gasteiger partial charge in [0.05, 0.1) is 10.6 Å². The molecule has 0 saturated carbocycles. The maximum Gasteiger partial charge on any atom is 0.252 e. The number of nitrogens with one attached hydrogen (secondary N) is 1. The molecule has 4 nitrogen and oxygen atoms in total. The number of likely N-dealkylation sites (N-methyl/N-ethyl adjacent to an activating group) is 1. The lowest BCUT2D eigenvalue weighted by Gasteiger charge is -2.19. The monoisotopic (exact) mass is 275 g/mol. The van der Waals surface area contributed by atoms with E-state index in [2.05, 4.69) is 10.3 Å². The highest BCUT2D eigenvalue weighted by molar-refractivity contribution is 6.41. The second kappa shape index (κ2) is 6.19. The van der Waals surface area contributed by atoms with Crippen LogP contribution in [0.3, 0.4) is 0 Å². The quantitative estimate of drug-likeness (QED) is 0.856. The van der Waals surface area contributed by atoms with Crippen LogP contribution in [0.25, 0.3) is 0 Å². The zero-order valence-electron chi connectivity index (χ0n) is 10.00. The highest BCUT2D eigenvalue weighted by Crippen LogP contribution is 2.19. The van der Waals surface area contributed by atoms with Gasteiger partial charge in [0.15, 0.2) is 0 Å². The third-order valence-electron chi connectivity index (χ3n) is 2.50. The molecule has 17 heavy (non-hydrogen) atoms. The number of aromatic nitrogens is 1. The molecule has 0 aliphatic rings. The summed E-state index contributed by atoms with van der Waals surface area (Å²) in [5, 5.41) is 3.28. The van der Waals surface area contributed by atoms with Crippen LogP contribution < -0.4 is 5.32 Å². The predicted molar refractivity (Wildman–Crippen MR) is 69.7 cm³/mol. The molecule has 0 aromatic carbocycles. The van der Waals surface area contributed by atoms with Gasteiger partial charge in [-0.15, -0.1) is 0 Å². The average Bonchev–Trinajstić information content (AvgIpc) is 2.28. The Morgan fingerprint density at radius 3 is 2.71 bits per heavy atom. The summed E-state index contributed by atoms with van der Waals surface area (Å²) >= 11 is 11.5. The van der Waals surface area contributed by atoms with Crippen molar-refractivity contribution in [3.05, 3.63) is 28.0 Å². The molecule has 0 aliphatic carbocycles. The average molecular weight is 276 g/mol. The van der Waals surface area contributed by atoms with E-state index in [1.165, 1.54) is 12.3 Å². The topological polar surface area (TPSA) is 45.2 Å². The fraction of sp³-hybridized carbons (Fsp3) is 0.455. The fourth-order valence-corrected chi connectivity index (χ4v) is 1.34. The molecule has 94 valence electrons. The summed E-state index contributed by atoms with van der Waals surface area (Å²) in [6.45, 7) is 2.58. The van der Waals surface area contributed by atoms with Crippen molar-refractivity contribution >= 4 is 29.1 Å². The summed E-state index contributed by atoms with van der Waals surface area (Å²) in [5.74, 6) is -0.204. The SMILES string of the molecule is CC(CNC(=O)c1cnc(Cl)c(Cl)c1)N(C)C. The van der Waals surface area contributed by atoms with Gasteiger partial charge in [0, 0.05) is 18.8 Å². The van der Waals surface area contributed by atoms with Crippen molar-refractivity contribution < 1.29 is 4.79 Å². The highest BCUT2D eigenvalue weighted by Gasteiger charge is 2.11. The van der Waals surface area contributed by atoms with Gasteiger partial charge in [0.2, 0.25) is 0 Å². The number of carbonyl (C=O) groups is 1. The summed E-state index contributed by atoms with van der Waals surface area (Å²) in [6, 6.07) is 1.77. The highest BCUT2D eigenvalue weighted by atomic mass is 35.5. The van der Waals surface area contributed by atoms with E-state index < -0.39 is 0 Å². The summed E-state index contributed by atoms with van der Waals surface area (Å²) in [6.07, 6.45) is 1.41. The number of amides is 1. The van der Waals surface area contributed by atoms with E-state index in [9.17, 15) is 4.79 Å². The summed E-state index contributed by atoms with van der Waals surface area (Å²) in [4.78, 5) is 17.6. The van der Waals surface area contributed by atoms with E-state index in [4.69, 9.17) is 23.2 Å². The van der Waals surface area contributed by atoms with Gasteiger partial charge in [-0.1, -0.05) is 23.2 Å². The van der Waals surface area contributed by atoms with Crippen LogP contribution in [0, 0.1) is 0 Å². The Labute approximate surface area is 111 Å². The first-order valence-corrected chi connectivity index (χ1v) is 5.93. The molecule has 1 N–H and O–H groups in total. The Kier molecular flexibility index (Phi) is 5.18. The normalized spacial score (nSPS) is 12.6. The van der Waals surface area contributed by atoms with Gasteiger partial charge in [-0.3, -0.25) is 4.79 Å². The van der Waals surface area contributed by atoms with E-state index >= 15 is 0 Å². The molecule has 0 fully saturated rings. The minimum Gasteiger partial charge on any atom is -0.350 e. The third-order valence-corrected chi connectivity index (χ3v) is 3.18. The molecule has 0 saturated heterocycles. The van der Waals surface area contributed by atoms with Gasteiger partial charge in [-0.2, -0.15) is 0 Å². The van der Waals surface area contributed by atoms with E-state index in [-0.39, 0.29) is 22.1 Å². The largest absolute Gasteiger partial charge is 0.350 e. The molecular formula is C11H15Cl2N3O. The van der Waals surface area contributed by atoms with Crippen LogP contribution in [-0.4, -0.2) is 42.5 Å². The van der Waals surface area contributed by atoms with Gasteiger partial charge >= 0.3 is 0 Å². The number of hydrogen-bond acceptors (Lipinski definition) is 3. The molecule has 1 aromatic rings. The fourth-order valence-electron chi connectivity index (χ4n) is 1.07. The molecule has 6 heteroatoms. The number of nitrogens with zero attached hydrogens (tertiary/aromatic N) is 2. The van der Waals surface area contributed by atoms with Gasteiger partial charge in [0.25, 0.3) is 5.91 Å². The minimum absolute atomic E-state index is 0.199. The first kappa shape index (κ1) is 14.2. The molecular weight excluding hydrogens is 261 g/mol. The number of hydrogen-bond donors (Lipinski definition) is 1. The van der Waals surface area contributed by atoms with Crippen LogP contribution in [0.5, 0.6) is 0 Å². The first-order valence-electron chi connectivity index (χ1n) is 5.17. The van der Waals surface area contributed by atoms with E-state index in [1.54, 1.807) is 0 Å². The van der Waals surface area contributed by atoms with Crippen molar-refractivity contribution in [3.8, 4) is 0 Å². The number of rotatable bonds is 4. The van der Waals surface area contributed by atoms with Gasteiger partial charge in [0.1, 0.15) is 5.15 Å². The first-order chi connectivity index (χ1) is 7.91. The molecule has 1 amide bonds. The Morgan fingerprint density at radius 1 is 1.53 bits per heavy atom. The predicted octanol–water partition coefficient (Wildman–Crippen LogP) is 2.07. The summed E-state index contributed by atoms with van der Waals surface area (Å²) < 4.78 is 0. The van der Waals surface area contributed by atoms with Gasteiger partial charge in [-0.25, -0.2) is 4.98 Å². The van der Waals surface area contributed by atoms with Gasteiger partial charge < -0.3 is 10.2 Å². The van der Waals surface area contributed by atoms with Crippen molar-refractivity contribution in [2.45, 2.75) is 13.0 Å². The molecule has 0 bridgehead atoms. The lowest BCUT2D eigenvalue weighted by atomic mass is 10.2. The second-order valence-corrected chi connectivity index (χ2v) is 4.78. The van der Waals surface area contributed by atoms with Crippen LogP contribution in [0.2, 0.25) is 10.2 Å². The van der Waals surface area contributed by atoms with Crippen molar-refractivity contribution in [2.24, 2.45) is 0 Å². The lowest BCUT2D eigenvalue weighted by Crippen LogP contribution is -2.38. The Hall–Kier alpha value is -0.840. The molecule has 1 aromatic heterocycles. The van der Waals surface area contributed by atoms with E-state index in [0.29, 0.717) is 12.1 Å². The molecule has 1 rings (SSSR count). The Balaban J connectivity index is 2.61. The van der Waals surface area contributed by atoms with E-state index in [1.807, 2.05) is 25.9 Å². The minimum atomic E-state index is -0.204. The summed E-state index contributed by atoms with van der Waals surface area (Å²) in [5.41, 5.74) is 0.408. The van der Waals surface area contributed by atoms with Crippen LogP contribution in [0.4, 0.5) is 0 Å². The van der Waals surface area contributed by atoms with Crippen LogP contribution >= 0.6 is 23.2 Å². The molecule has 1 unspecified atom stereocenters. The molecule has 0 aliphatic heterocycles. The third kappa shape index (κ3) is 4.15. The summed E-state index contributed by atoms with van der Waals surface area (Å²) in [7, 11) is 3.91. The maximum atomic E-state index is 11.8. The van der Waals surface area contributed by atoms with Crippen LogP contribution in [0.15, 0.2) is 12.3 Å². The van der Waals surface area contributed by atoms with Crippen molar-refractivity contribution in [3.63, 3.8) is 0 Å². The Morgan fingerprint density at radius 2 is 2.18 bits per heavy atom. The smallest absolute Gasteiger partial charge is 0.252 e. The zero-order chi connectivity index (χ0) is 13.0. The lowest BCUT2D eigenvalue weighted by molar-refractivity contribution is 0.0943. The maximum absolute atomic E-state index is 11.8. The Bertz CT molecular complexity index is 410. The molecule has 1 heterocycles. The van der Waals surface area contributed by atoms with Gasteiger partial charge in [-0.05, 0) is 27.1 Å². The number of carbonyl (C=O) groups excluding carboxylic acids is 1. The van der Waals surface area contributed by atoms with Crippen molar-refractivity contribution in [1.82, 2.24) is 15.2 Å².